The van der Waals surface area contributed by atoms with Crippen LogP contribution in [0, 0.1) is 6.92 Å². The van der Waals surface area contributed by atoms with Gasteiger partial charge < -0.3 is 10.2 Å². The van der Waals surface area contributed by atoms with E-state index < -0.39 is 0 Å². The zero-order chi connectivity index (χ0) is 11.0. The second-order valence-electron chi connectivity index (χ2n) is 3.22. The van der Waals surface area contributed by atoms with Gasteiger partial charge in [-0.15, -0.1) is 11.3 Å². The molecule has 2 aromatic rings. The number of hydrogen-bond acceptors (Lipinski definition) is 3. The largest absolute Gasteiger partial charge is 0.467 e. The number of hydrogen-bond donors (Lipinski definition) is 1. The van der Waals surface area contributed by atoms with Gasteiger partial charge in [-0.1, -0.05) is 0 Å². The average molecular weight is 351 g/mol. The summed E-state index contributed by atoms with van der Waals surface area (Å²) in [5.74, 6) is 0.830. The fourth-order valence-electron chi connectivity index (χ4n) is 1.35. The normalized spacial score (nSPS) is 13.1. The molecular weight excluding hydrogens is 342 g/mol. The molecule has 0 aliphatic rings. The molecule has 2 rings (SSSR count). The molecule has 0 aliphatic carbocycles. The Balaban J connectivity index is 2.36. The topological polar surface area (TPSA) is 39.2 Å². The van der Waals surface area contributed by atoms with E-state index in [4.69, 9.17) is 10.2 Å². The maximum Gasteiger partial charge on any atom is 0.128 e. The Bertz CT molecular complexity index is 458. The summed E-state index contributed by atoms with van der Waals surface area (Å²) in [5, 5.41) is 0. The van der Waals surface area contributed by atoms with Gasteiger partial charge in [-0.25, -0.2) is 0 Å². The highest BCUT2D eigenvalue weighted by molar-refractivity contribution is 9.13. The third kappa shape index (κ3) is 2.20. The molecule has 0 saturated heterocycles. The van der Waals surface area contributed by atoms with Crippen molar-refractivity contribution in [1.29, 1.82) is 0 Å². The zero-order valence-electron chi connectivity index (χ0n) is 7.96. The fraction of sp³-hybridized carbons (Fsp3) is 0.200. The molecule has 2 N–H and O–H groups in total. The van der Waals surface area contributed by atoms with E-state index in [2.05, 4.69) is 31.9 Å². The molecule has 15 heavy (non-hydrogen) atoms. The Kier molecular flexibility index (Phi) is 3.35. The molecule has 0 amide bonds. The second-order valence-corrected chi connectivity index (χ2v) is 6.47. The first kappa shape index (κ1) is 11.4. The van der Waals surface area contributed by atoms with Crippen LogP contribution >= 0.6 is 43.2 Å². The number of halogens is 2. The highest BCUT2D eigenvalue weighted by atomic mass is 79.9. The summed E-state index contributed by atoms with van der Waals surface area (Å²) in [6.07, 6.45) is 1.67. The molecule has 1 atom stereocenters. The molecule has 0 aromatic carbocycles. The minimum Gasteiger partial charge on any atom is -0.467 e. The summed E-state index contributed by atoms with van der Waals surface area (Å²) in [6.45, 7) is 2.00. The molecular formula is C10H9Br2NOS. The van der Waals surface area contributed by atoms with Crippen LogP contribution in [0.5, 0.6) is 0 Å². The van der Waals surface area contributed by atoms with E-state index in [9.17, 15) is 0 Å². The summed E-state index contributed by atoms with van der Waals surface area (Å²) in [6, 6.07) is 3.75. The number of thiophene rings is 1. The lowest BCUT2D eigenvalue weighted by Crippen LogP contribution is -2.10. The molecule has 0 bridgehead atoms. The maximum absolute atomic E-state index is 6.12. The molecule has 1 unspecified atom stereocenters. The van der Waals surface area contributed by atoms with E-state index in [1.807, 2.05) is 19.1 Å². The first-order valence-corrected chi connectivity index (χ1v) is 6.74. The highest BCUT2D eigenvalue weighted by Gasteiger charge is 2.18. The third-order valence-electron chi connectivity index (χ3n) is 2.15. The Morgan fingerprint density at radius 1 is 1.47 bits per heavy atom. The van der Waals surface area contributed by atoms with E-state index in [0.717, 1.165) is 24.5 Å². The van der Waals surface area contributed by atoms with E-state index in [-0.39, 0.29) is 6.04 Å². The predicted molar refractivity (Wildman–Crippen MR) is 69.2 cm³/mol. The molecule has 0 saturated carbocycles. The quantitative estimate of drug-likeness (QED) is 0.880. The Morgan fingerprint density at radius 3 is 2.67 bits per heavy atom. The standard InChI is InChI=1S/C10H9Br2NOS/c1-5-2-3-14-9(5)8(13)7-4-6(11)10(12)15-7/h2-4,8H,13H2,1H3. The average Bonchev–Trinajstić information content (AvgIpc) is 2.74. The maximum atomic E-state index is 6.12. The van der Waals surface area contributed by atoms with Crippen LogP contribution < -0.4 is 5.73 Å². The van der Waals surface area contributed by atoms with E-state index in [1.165, 1.54) is 0 Å². The van der Waals surface area contributed by atoms with Crippen LogP contribution in [-0.2, 0) is 0 Å². The Morgan fingerprint density at radius 2 is 2.20 bits per heavy atom. The van der Waals surface area contributed by atoms with Crippen LogP contribution in [0.25, 0.3) is 0 Å². The molecule has 80 valence electrons. The molecule has 0 aliphatic heterocycles. The lowest BCUT2D eigenvalue weighted by Gasteiger charge is -2.06. The van der Waals surface area contributed by atoms with Crippen LogP contribution in [-0.4, -0.2) is 0 Å². The van der Waals surface area contributed by atoms with Gasteiger partial charge in [0, 0.05) is 9.35 Å². The monoisotopic (exact) mass is 349 g/mol. The van der Waals surface area contributed by atoms with Crippen molar-refractivity contribution >= 4 is 43.2 Å². The Labute approximate surface area is 109 Å². The van der Waals surface area contributed by atoms with Gasteiger partial charge in [0.25, 0.3) is 0 Å². The van der Waals surface area contributed by atoms with Gasteiger partial charge in [-0.05, 0) is 56.5 Å². The smallest absolute Gasteiger partial charge is 0.128 e. The van der Waals surface area contributed by atoms with Crippen molar-refractivity contribution in [2.24, 2.45) is 5.73 Å². The van der Waals surface area contributed by atoms with Crippen molar-refractivity contribution in [2.75, 3.05) is 0 Å². The SMILES string of the molecule is Cc1ccoc1C(N)c1cc(Br)c(Br)s1. The van der Waals surface area contributed by atoms with Crippen molar-refractivity contribution in [3.63, 3.8) is 0 Å². The van der Waals surface area contributed by atoms with Crippen LogP contribution in [0.1, 0.15) is 22.2 Å². The van der Waals surface area contributed by atoms with Crippen LogP contribution in [0.3, 0.4) is 0 Å². The molecule has 0 radical (unpaired) electrons. The molecule has 2 nitrogen and oxygen atoms in total. The van der Waals surface area contributed by atoms with Crippen molar-refractivity contribution in [3.05, 3.63) is 42.9 Å². The van der Waals surface area contributed by atoms with Gasteiger partial charge in [0.1, 0.15) is 5.76 Å². The number of rotatable bonds is 2. The summed E-state index contributed by atoms with van der Waals surface area (Å²) in [4.78, 5) is 1.08. The van der Waals surface area contributed by atoms with Gasteiger partial charge in [0.05, 0.1) is 16.1 Å². The fourth-order valence-corrected chi connectivity index (χ4v) is 3.44. The van der Waals surface area contributed by atoms with E-state index in [0.29, 0.717) is 0 Å². The van der Waals surface area contributed by atoms with Crippen LogP contribution in [0.15, 0.2) is 31.1 Å². The molecule has 0 fully saturated rings. The number of furan rings is 1. The lowest BCUT2D eigenvalue weighted by atomic mass is 10.1. The first-order valence-electron chi connectivity index (χ1n) is 4.34. The van der Waals surface area contributed by atoms with Gasteiger partial charge in [-0.3, -0.25) is 0 Å². The Hall–Kier alpha value is -0.1000. The first-order chi connectivity index (χ1) is 7.09. The summed E-state index contributed by atoms with van der Waals surface area (Å²) in [5.41, 5.74) is 7.21. The van der Waals surface area contributed by atoms with Crippen molar-refractivity contribution in [2.45, 2.75) is 13.0 Å². The number of nitrogens with two attached hydrogens (primary N) is 1. The highest BCUT2D eigenvalue weighted by Crippen LogP contribution is 2.37. The summed E-state index contributed by atoms with van der Waals surface area (Å²) in [7, 11) is 0. The van der Waals surface area contributed by atoms with Gasteiger partial charge in [0.2, 0.25) is 0 Å². The number of aryl methyl sites for hydroxylation is 1. The molecule has 2 heterocycles. The molecule has 2 aromatic heterocycles. The van der Waals surface area contributed by atoms with Crippen LogP contribution in [0.4, 0.5) is 0 Å². The summed E-state index contributed by atoms with van der Waals surface area (Å²) < 4.78 is 7.46. The van der Waals surface area contributed by atoms with Crippen molar-refractivity contribution < 1.29 is 4.42 Å². The lowest BCUT2D eigenvalue weighted by molar-refractivity contribution is 0.489. The minimum atomic E-state index is -0.187. The van der Waals surface area contributed by atoms with E-state index in [1.54, 1.807) is 17.6 Å². The predicted octanol–water partition coefficient (Wildman–Crippen LogP) is 4.22. The van der Waals surface area contributed by atoms with Gasteiger partial charge in [0.15, 0.2) is 0 Å². The zero-order valence-corrected chi connectivity index (χ0v) is 11.9. The third-order valence-corrected chi connectivity index (χ3v) is 5.49. The minimum absolute atomic E-state index is 0.187. The second kappa shape index (κ2) is 4.41. The van der Waals surface area contributed by atoms with Crippen LogP contribution in [0.2, 0.25) is 0 Å². The summed E-state index contributed by atoms with van der Waals surface area (Å²) >= 11 is 8.51. The molecule has 5 heteroatoms. The molecule has 0 spiro atoms. The van der Waals surface area contributed by atoms with Gasteiger partial charge >= 0.3 is 0 Å². The van der Waals surface area contributed by atoms with E-state index >= 15 is 0 Å². The van der Waals surface area contributed by atoms with Crippen molar-refractivity contribution in [1.82, 2.24) is 0 Å². The van der Waals surface area contributed by atoms with Crippen molar-refractivity contribution in [3.8, 4) is 0 Å². The van der Waals surface area contributed by atoms with Gasteiger partial charge in [-0.2, -0.15) is 0 Å².